The lowest BCUT2D eigenvalue weighted by atomic mass is 10.3. The summed E-state index contributed by atoms with van der Waals surface area (Å²) >= 11 is 0. The average molecular weight is 272 g/mol. The number of rotatable bonds is 7. The quantitative estimate of drug-likeness (QED) is 0.819. The molecule has 6 heteroatoms. The van der Waals surface area contributed by atoms with Gasteiger partial charge in [-0.2, -0.15) is 0 Å². The zero-order valence-corrected chi connectivity index (χ0v) is 10.9. The summed E-state index contributed by atoms with van der Waals surface area (Å²) in [4.78, 5) is 13.2. The molecule has 2 N–H and O–H groups in total. The van der Waals surface area contributed by atoms with Crippen molar-refractivity contribution in [1.82, 2.24) is 4.90 Å². The Kier molecular flexibility index (Phi) is 6.21. The van der Waals surface area contributed by atoms with Crippen LogP contribution < -0.4 is 10.5 Å². The van der Waals surface area contributed by atoms with E-state index in [1.165, 1.54) is 6.07 Å². The maximum atomic E-state index is 13.2. The Morgan fingerprint density at radius 1 is 1.42 bits per heavy atom. The van der Waals surface area contributed by atoms with Crippen molar-refractivity contribution in [3.63, 3.8) is 0 Å². The van der Waals surface area contributed by atoms with E-state index >= 15 is 0 Å². The molecule has 1 aromatic rings. The Bertz CT molecular complexity index is 427. The maximum absolute atomic E-state index is 13.2. The molecule has 0 radical (unpaired) electrons. The molecule has 0 saturated heterocycles. The molecule has 0 saturated carbocycles. The van der Waals surface area contributed by atoms with Crippen molar-refractivity contribution < 1.29 is 18.3 Å². The minimum atomic E-state index is -0.774. The molecule has 0 unspecified atom stereocenters. The Morgan fingerprint density at radius 2 is 2.16 bits per heavy atom. The lowest BCUT2D eigenvalue weighted by molar-refractivity contribution is -0.130. The third-order valence-corrected chi connectivity index (χ3v) is 2.59. The number of nitrogens with zero attached hydrogens (tertiary/aromatic N) is 1. The number of hydrogen-bond donors (Lipinski definition) is 1. The second-order valence-corrected chi connectivity index (χ2v) is 4.13. The van der Waals surface area contributed by atoms with Crippen molar-refractivity contribution in [3.8, 4) is 5.75 Å². The van der Waals surface area contributed by atoms with Gasteiger partial charge in [0.2, 0.25) is 5.91 Å². The second kappa shape index (κ2) is 7.68. The van der Waals surface area contributed by atoms with E-state index in [0.717, 1.165) is 18.6 Å². The summed E-state index contributed by atoms with van der Waals surface area (Å²) in [6, 6.07) is 3.05. The van der Waals surface area contributed by atoms with E-state index in [0.29, 0.717) is 13.1 Å². The summed E-state index contributed by atoms with van der Waals surface area (Å²) in [5, 5.41) is 0. The van der Waals surface area contributed by atoms with Gasteiger partial charge in [0.05, 0.1) is 13.0 Å². The van der Waals surface area contributed by atoms with E-state index in [9.17, 15) is 13.6 Å². The Morgan fingerprint density at radius 3 is 2.79 bits per heavy atom. The van der Waals surface area contributed by atoms with Gasteiger partial charge < -0.3 is 15.4 Å². The van der Waals surface area contributed by atoms with Gasteiger partial charge in [-0.25, -0.2) is 8.78 Å². The normalized spacial score (nSPS) is 10.3. The summed E-state index contributed by atoms with van der Waals surface area (Å²) in [6.07, 6.45) is 0.869. The van der Waals surface area contributed by atoms with E-state index < -0.39 is 11.6 Å². The molecule has 0 bridgehead atoms. The fourth-order valence-electron chi connectivity index (χ4n) is 1.48. The van der Waals surface area contributed by atoms with Crippen LogP contribution in [0.3, 0.4) is 0 Å². The van der Waals surface area contributed by atoms with Gasteiger partial charge in [-0.3, -0.25) is 4.79 Å². The van der Waals surface area contributed by atoms with E-state index in [1.54, 1.807) is 11.9 Å². The van der Waals surface area contributed by atoms with Crippen molar-refractivity contribution in [2.24, 2.45) is 5.73 Å². The largest absolute Gasteiger partial charge is 0.490 e. The van der Waals surface area contributed by atoms with Crippen molar-refractivity contribution in [1.29, 1.82) is 0 Å². The van der Waals surface area contributed by atoms with Gasteiger partial charge in [-0.1, -0.05) is 0 Å². The topological polar surface area (TPSA) is 55.6 Å². The van der Waals surface area contributed by atoms with Crippen LogP contribution in [-0.2, 0) is 4.79 Å². The predicted molar refractivity (Wildman–Crippen MR) is 67.8 cm³/mol. The van der Waals surface area contributed by atoms with Crippen LogP contribution in [0.25, 0.3) is 0 Å². The standard InChI is InChI=1S/C13H18F2N2O2/c1-17(7-2-6-16)13(18)5-8-19-12-4-3-10(14)9-11(12)15/h3-4,9H,2,5-8,16H2,1H3. The molecule has 1 amide bonds. The summed E-state index contributed by atoms with van der Waals surface area (Å²) < 4.78 is 31.0. The first-order valence-corrected chi connectivity index (χ1v) is 6.06. The number of halogens is 2. The smallest absolute Gasteiger partial charge is 0.225 e. The molecule has 4 nitrogen and oxygen atoms in total. The zero-order chi connectivity index (χ0) is 14.3. The monoisotopic (exact) mass is 272 g/mol. The predicted octanol–water partition coefficient (Wildman–Crippen LogP) is 1.54. The molecule has 19 heavy (non-hydrogen) atoms. The van der Waals surface area contributed by atoms with Crippen LogP contribution in [0.1, 0.15) is 12.8 Å². The Balaban J connectivity index is 2.35. The van der Waals surface area contributed by atoms with Crippen molar-refractivity contribution in [3.05, 3.63) is 29.8 Å². The minimum Gasteiger partial charge on any atom is -0.490 e. The third-order valence-electron chi connectivity index (χ3n) is 2.59. The van der Waals surface area contributed by atoms with Crippen LogP contribution in [0.15, 0.2) is 18.2 Å². The molecular formula is C13H18F2N2O2. The zero-order valence-electron chi connectivity index (χ0n) is 10.9. The van der Waals surface area contributed by atoms with Gasteiger partial charge >= 0.3 is 0 Å². The van der Waals surface area contributed by atoms with E-state index in [-0.39, 0.29) is 24.7 Å². The number of ether oxygens (including phenoxy) is 1. The molecule has 0 aliphatic heterocycles. The molecule has 106 valence electrons. The van der Waals surface area contributed by atoms with Crippen LogP contribution in [0.4, 0.5) is 8.78 Å². The molecule has 0 aromatic heterocycles. The molecule has 1 aromatic carbocycles. The first kappa shape index (κ1) is 15.4. The molecule has 1 rings (SSSR count). The van der Waals surface area contributed by atoms with Gasteiger partial charge in [0.15, 0.2) is 11.6 Å². The van der Waals surface area contributed by atoms with Crippen LogP contribution in [-0.4, -0.2) is 37.6 Å². The summed E-state index contributed by atoms with van der Waals surface area (Å²) in [7, 11) is 1.68. The molecule has 0 fully saturated rings. The highest BCUT2D eigenvalue weighted by Crippen LogP contribution is 2.17. The Hall–Kier alpha value is -1.69. The molecule has 0 heterocycles. The highest BCUT2D eigenvalue weighted by Gasteiger charge is 2.09. The number of carbonyl (C=O) groups excluding carboxylic acids is 1. The van der Waals surface area contributed by atoms with Gasteiger partial charge in [-0.15, -0.1) is 0 Å². The number of benzene rings is 1. The molecule has 0 atom stereocenters. The number of nitrogens with two attached hydrogens (primary N) is 1. The highest BCUT2D eigenvalue weighted by molar-refractivity contribution is 5.75. The van der Waals surface area contributed by atoms with Crippen LogP contribution in [0, 0.1) is 11.6 Å². The lowest BCUT2D eigenvalue weighted by Gasteiger charge is -2.16. The average Bonchev–Trinajstić information content (AvgIpc) is 2.38. The SMILES string of the molecule is CN(CCCN)C(=O)CCOc1ccc(F)cc1F. The van der Waals surface area contributed by atoms with Crippen molar-refractivity contribution >= 4 is 5.91 Å². The van der Waals surface area contributed by atoms with Gasteiger partial charge in [0, 0.05) is 19.7 Å². The van der Waals surface area contributed by atoms with Crippen molar-refractivity contribution in [2.45, 2.75) is 12.8 Å². The Labute approximate surface area is 111 Å². The number of hydrogen-bond acceptors (Lipinski definition) is 3. The maximum Gasteiger partial charge on any atom is 0.225 e. The summed E-state index contributed by atoms with van der Waals surface area (Å²) in [5.74, 6) is -1.60. The van der Waals surface area contributed by atoms with Gasteiger partial charge in [0.25, 0.3) is 0 Å². The number of carbonyl (C=O) groups is 1. The molecule has 0 aliphatic rings. The fourth-order valence-corrected chi connectivity index (χ4v) is 1.48. The van der Waals surface area contributed by atoms with Crippen LogP contribution >= 0.6 is 0 Å². The summed E-state index contributed by atoms with van der Waals surface area (Å²) in [6.45, 7) is 1.16. The van der Waals surface area contributed by atoms with E-state index in [1.807, 2.05) is 0 Å². The second-order valence-electron chi connectivity index (χ2n) is 4.13. The first-order valence-electron chi connectivity index (χ1n) is 6.06. The fraction of sp³-hybridized carbons (Fsp3) is 0.462. The number of amides is 1. The molecular weight excluding hydrogens is 254 g/mol. The van der Waals surface area contributed by atoms with Crippen molar-refractivity contribution in [2.75, 3.05) is 26.7 Å². The lowest BCUT2D eigenvalue weighted by Crippen LogP contribution is -2.30. The van der Waals surface area contributed by atoms with E-state index in [2.05, 4.69) is 0 Å². The minimum absolute atomic E-state index is 0.0500. The van der Waals surface area contributed by atoms with Gasteiger partial charge in [0.1, 0.15) is 5.82 Å². The van der Waals surface area contributed by atoms with E-state index in [4.69, 9.17) is 10.5 Å². The summed E-state index contributed by atoms with van der Waals surface area (Å²) in [5.41, 5.74) is 5.35. The highest BCUT2D eigenvalue weighted by atomic mass is 19.1. The molecule has 0 spiro atoms. The van der Waals surface area contributed by atoms with Crippen LogP contribution in [0.2, 0.25) is 0 Å². The molecule has 0 aliphatic carbocycles. The first-order chi connectivity index (χ1) is 9.04. The van der Waals surface area contributed by atoms with Gasteiger partial charge in [-0.05, 0) is 25.1 Å². The van der Waals surface area contributed by atoms with Crippen LogP contribution in [0.5, 0.6) is 5.75 Å². The third kappa shape index (κ3) is 5.21.